The highest BCUT2D eigenvalue weighted by molar-refractivity contribution is 9.10. The van der Waals surface area contributed by atoms with E-state index in [4.69, 9.17) is 15.2 Å². The van der Waals surface area contributed by atoms with Crippen molar-refractivity contribution in [2.75, 3.05) is 20.8 Å². The van der Waals surface area contributed by atoms with Crippen LogP contribution in [-0.4, -0.2) is 31.4 Å². The van der Waals surface area contributed by atoms with Crippen molar-refractivity contribution in [1.29, 1.82) is 5.26 Å². The number of allylic oxidation sites excluding steroid dienone is 3. The molecule has 0 radical (unpaired) electrons. The van der Waals surface area contributed by atoms with Crippen LogP contribution in [0.3, 0.4) is 0 Å². The second kappa shape index (κ2) is 7.65. The Kier molecular flexibility index (Phi) is 5.47. The molecule has 27 heavy (non-hydrogen) atoms. The van der Waals surface area contributed by atoms with Gasteiger partial charge in [0.2, 0.25) is 0 Å². The molecular formula is C20H22BrN3O3. The average Bonchev–Trinajstić information content (AvgIpc) is 2.66. The fourth-order valence-corrected chi connectivity index (χ4v) is 4.32. The lowest BCUT2D eigenvalue weighted by atomic mass is 9.76. The molecular weight excluding hydrogens is 410 g/mol. The fourth-order valence-electron chi connectivity index (χ4n) is 3.77. The predicted octanol–water partition coefficient (Wildman–Crippen LogP) is 3.59. The molecule has 2 aliphatic rings. The molecule has 1 aliphatic carbocycles. The molecule has 2 N–H and O–H groups in total. The molecule has 0 spiro atoms. The smallest absolute Gasteiger partial charge is 0.161 e. The Morgan fingerprint density at radius 2 is 2.11 bits per heavy atom. The summed E-state index contributed by atoms with van der Waals surface area (Å²) in [4.78, 5) is 14.6. The number of carbonyl (C=O) groups is 1. The molecule has 1 aliphatic heterocycles. The van der Waals surface area contributed by atoms with Crippen LogP contribution in [0, 0.1) is 11.3 Å². The minimum atomic E-state index is -0.520. The highest BCUT2D eigenvalue weighted by Crippen LogP contribution is 2.48. The number of hydrogen-bond acceptors (Lipinski definition) is 6. The Morgan fingerprint density at radius 1 is 1.37 bits per heavy atom. The number of carbonyl (C=O) groups excluding carboxylic acids is 1. The van der Waals surface area contributed by atoms with Crippen molar-refractivity contribution in [1.82, 2.24) is 4.90 Å². The molecule has 3 rings (SSSR count). The van der Waals surface area contributed by atoms with Gasteiger partial charge in [0, 0.05) is 29.2 Å². The number of nitrogens with two attached hydrogens (primary N) is 1. The van der Waals surface area contributed by atoms with E-state index in [2.05, 4.69) is 22.0 Å². The van der Waals surface area contributed by atoms with Gasteiger partial charge in [-0.3, -0.25) is 4.79 Å². The molecule has 0 fully saturated rings. The van der Waals surface area contributed by atoms with Gasteiger partial charge in [0.25, 0.3) is 0 Å². The number of nitrogens with zero attached hydrogens (tertiary/aromatic N) is 2. The lowest BCUT2D eigenvalue weighted by molar-refractivity contribution is -0.116. The standard InChI is InChI=1S/C20H22BrN3O3/c1-4-27-17-8-11(13(21)9-16(17)26-3)18-12(10-22)20(23)24(2)14-6-5-7-15(25)19(14)18/h8-9,18H,4-7,23H2,1-3H3/t18-/m1/s1. The molecule has 0 saturated heterocycles. The van der Waals surface area contributed by atoms with Gasteiger partial charge in [-0.05, 0) is 37.5 Å². The zero-order valence-electron chi connectivity index (χ0n) is 15.6. The summed E-state index contributed by atoms with van der Waals surface area (Å²) in [6, 6.07) is 5.86. The molecule has 1 aromatic carbocycles. The lowest BCUT2D eigenvalue weighted by Gasteiger charge is -2.38. The first-order chi connectivity index (χ1) is 12.9. The minimum Gasteiger partial charge on any atom is -0.493 e. The average molecular weight is 432 g/mol. The number of hydrogen-bond donors (Lipinski definition) is 1. The van der Waals surface area contributed by atoms with E-state index in [9.17, 15) is 10.1 Å². The largest absolute Gasteiger partial charge is 0.493 e. The summed E-state index contributed by atoms with van der Waals surface area (Å²) in [5.41, 5.74) is 8.98. The van der Waals surface area contributed by atoms with Crippen molar-refractivity contribution in [2.45, 2.75) is 32.1 Å². The van der Waals surface area contributed by atoms with Crippen molar-refractivity contribution in [3.05, 3.63) is 44.8 Å². The maximum absolute atomic E-state index is 12.8. The predicted molar refractivity (Wildman–Crippen MR) is 105 cm³/mol. The summed E-state index contributed by atoms with van der Waals surface area (Å²) in [6.45, 7) is 2.36. The molecule has 0 saturated carbocycles. The third-order valence-electron chi connectivity index (χ3n) is 5.06. The van der Waals surface area contributed by atoms with Crippen molar-refractivity contribution in [3.63, 3.8) is 0 Å². The summed E-state index contributed by atoms with van der Waals surface area (Å²) in [5, 5.41) is 9.83. The molecule has 142 valence electrons. The minimum absolute atomic E-state index is 0.0639. The van der Waals surface area contributed by atoms with Gasteiger partial charge in [0.15, 0.2) is 17.3 Å². The highest BCUT2D eigenvalue weighted by atomic mass is 79.9. The first-order valence-corrected chi connectivity index (χ1v) is 9.63. The van der Waals surface area contributed by atoms with Gasteiger partial charge in [-0.2, -0.15) is 5.26 Å². The van der Waals surface area contributed by atoms with Gasteiger partial charge in [-0.15, -0.1) is 0 Å². The van der Waals surface area contributed by atoms with Gasteiger partial charge in [-0.1, -0.05) is 15.9 Å². The normalized spacial score (nSPS) is 19.7. The van der Waals surface area contributed by atoms with E-state index in [0.717, 1.165) is 28.6 Å². The van der Waals surface area contributed by atoms with Gasteiger partial charge in [0.1, 0.15) is 5.82 Å². The van der Waals surface area contributed by atoms with Gasteiger partial charge < -0.3 is 20.1 Å². The summed E-state index contributed by atoms with van der Waals surface area (Å²) >= 11 is 3.58. The Labute approximate surface area is 167 Å². The quantitative estimate of drug-likeness (QED) is 0.783. The van der Waals surface area contributed by atoms with Crippen LogP contribution >= 0.6 is 15.9 Å². The molecule has 0 amide bonds. The molecule has 0 unspecified atom stereocenters. The number of nitriles is 1. The van der Waals surface area contributed by atoms with Gasteiger partial charge >= 0.3 is 0 Å². The maximum Gasteiger partial charge on any atom is 0.161 e. The van der Waals surface area contributed by atoms with Crippen LogP contribution in [0.1, 0.15) is 37.7 Å². The number of ether oxygens (including phenoxy) is 2. The summed E-state index contributed by atoms with van der Waals surface area (Å²) < 4.78 is 11.8. The first kappa shape index (κ1) is 19.3. The molecule has 1 heterocycles. The third kappa shape index (κ3) is 3.19. The number of rotatable bonds is 4. The topological polar surface area (TPSA) is 88.6 Å². The van der Waals surface area contributed by atoms with E-state index < -0.39 is 5.92 Å². The van der Waals surface area contributed by atoms with E-state index in [1.807, 2.05) is 20.0 Å². The van der Waals surface area contributed by atoms with Crippen LogP contribution in [0.25, 0.3) is 0 Å². The van der Waals surface area contributed by atoms with E-state index in [1.54, 1.807) is 18.1 Å². The van der Waals surface area contributed by atoms with Gasteiger partial charge in [-0.25, -0.2) is 0 Å². The van der Waals surface area contributed by atoms with Crippen LogP contribution in [0.15, 0.2) is 39.3 Å². The lowest BCUT2D eigenvalue weighted by Crippen LogP contribution is -2.36. The fraction of sp³-hybridized carbons (Fsp3) is 0.400. The third-order valence-corrected chi connectivity index (χ3v) is 5.75. The van der Waals surface area contributed by atoms with Crippen molar-refractivity contribution >= 4 is 21.7 Å². The number of ketones is 1. The monoisotopic (exact) mass is 431 g/mol. The number of halogens is 1. The molecule has 1 atom stereocenters. The van der Waals surface area contributed by atoms with E-state index in [-0.39, 0.29) is 5.78 Å². The summed E-state index contributed by atoms with van der Waals surface area (Å²) in [5.74, 6) is 1.08. The van der Waals surface area contributed by atoms with Crippen molar-refractivity contribution in [2.24, 2.45) is 5.73 Å². The van der Waals surface area contributed by atoms with E-state index in [0.29, 0.717) is 41.5 Å². The van der Waals surface area contributed by atoms with Crippen LogP contribution in [0.2, 0.25) is 0 Å². The molecule has 7 heteroatoms. The second-order valence-corrected chi connectivity index (χ2v) is 7.35. The number of methoxy groups -OCH3 is 1. The van der Waals surface area contributed by atoms with E-state index >= 15 is 0 Å². The van der Waals surface area contributed by atoms with E-state index in [1.165, 1.54) is 0 Å². The van der Waals surface area contributed by atoms with Crippen LogP contribution in [0.4, 0.5) is 0 Å². The SMILES string of the molecule is CCOc1cc([C@@H]2C(C#N)=C(N)N(C)C3=C2C(=O)CCC3)c(Br)cc1OC. The zero-order chi connectivity index (χ0) is 19.7. The number of benzene rings is 1. The highest BCUT2D eigenvalue weighted by Gasteiger charge is 2.39. The Bertz CT molecular complexity index is 898. The molecule has 0 aromatic heterocycles. The van der Waals surface area contributed by atoms with Crippen molar-refractivity contribution < 1.29 is 14.3 Å². The second-order valence-electron chi connectivity index (χ2n) is 6.50. The first-order valence-electron chi connectivity index (χ1n) is 8.84. The van der Waals surface area contributed by atoms with Crippen LogP contribution in [-0.2, 0) is 4.79 Å². The molecule has 6 nitrogen and oxygen atoms in total. The van der Waals surface area contributed by atoms with Crippen molar-refractivity contribution in [3.8, 4) is 17.6 Å². The number of Topliss-reactive ketones (excluding diaryl/α,β-unsaturated/α-hetero) is 1. The van der Waals surface area contributed by atoms with Crippen LogP contribution < -0.4 is 15.2 Å². The van der Waals surface area contributed by atoms with Gasteiger partial charge in [0.05, 0.1) is 31.3 Å². The summed E-state index contributed by atoms with van der Waals surface area (Å²) in [7, 11) is 3.38. The maximum atomic E-state index is 12.8. The molecule has 0 bridgehead atoms. The Hall–Kier alpha value is -2.46. The summed E-state index contributed by atoms with van der Waals surface area (Å²) in [6.07, 6.45) is 2.03. The Morgan fingerprint density at radius 3 is 2.74 bits per heavy atom. The Balaban J connectivity index is 2.26. The zero-order valence-corrected chi connectivity index (χ0v) is 17.2. The van der Waals surface area contributed by atoms with Crippen LogP contribution in [0.5, 0.6) is 11.5 Å². The molecule has 1 aromatic rings.